The Morgan fingerprint density at radius 2 is 2.25 bits per heavy atom. The van der Waals surface area contributed by atoms with Crippen LogP contribution in [0.3, 0.4) is 0 Å². The molecule has 0 spiro atoms. The Kier molecular flexibility index (Phi) is 2.84. The fourth-order valence-electron chi connectivity index (χ4n) is 0.305. The van der Waals surface area contributed by atoms with E-state index >= 15 is 0 Å². The molecule has 0 aliphatic heterocycles. The average Bonchev–Trinajstić information content (AvgIpc) is 1.67. The number of carboxylic acids is 1. The first-order valence-corrected chi connectivity index (χ1v) is 2.42. The molecule has 0 rings (SSSR count). The van der Waals surface area contributed by atoms with E-state index in [9.17, 15) is 4.79 Å². The van der Waals surface area contributed by atoms with Crippen LogP contribution in [-0.4, -0.2) is 23.3 Å². The van der Waals surface area contributed by atoms with E-state index in [1.165, 1.54) is 6.92 Å². The van der Waals surface area contributed by atoms with Gasteiger partial charge < -0.3 is 5.11 Å². The molecule has 0 amide bonds. The van der Waals surface area contributed by atoms with Crippen LogP contribution in [0, 0.1) is 0 Å². The van der Waals surface area contributed by atoms with Gasteiger partial charge in [-0.3, -0.25) is 4.99 Å². The van der Waals surface area contributed by atoms with Gasteiger partial charge in [-0.15, -0.1) is 0 Å². The normalized spacial score (nSPS) is 11.5. The number of hydrogen-bond donors (Lipinski definition) is 1. The number of nitrogens with zero attached hydrogens (tertiary/aromatic N) is 1. The molecular weight excluding hydrogens is 106 g/mol. The molecule has 3 nitrogen and oxygen atoms in total. The van der Waals surface area contributed by atoms with E-state index in [2.05, 4.69) is 4.99 Å². The number of aliphatic imine (C=N–C) groups is 1. The predicted octanol–water partition coefficient (Wildman–Crippen LogP) is 0.552. The number of rotatable bonds is 2. The average molecular weight is 115 g/mol. The molecule has 0 bridgehead atoms. The SMILES string of the molecule is CC/N=C(\C)C(=O)O. The molecule has 0 aromatic rings. The monoisotopic (exact) mass is 115 g/mol. The molecule has 8 heavy (non-hydrogen) atoms. The highest BCUT2D eigenvalue weighted by atomic mass is 16.4. The molecule has 1 N–H and O–H groups in total. The minimum atomic E-state index is -0.938. The van der Waals surface area contributed by atoms with E-state index < -0.39 is 5.97 Å². The Morgan fingerprint density at radius 3 is 2.38 bits per heavy atom. The van der Waals surface area contributed by atoms with Crippen LogP contribution in [0.4, 0.5) is 0 Å². The van der Waals surface area contributed by atoms with Gasteiger partial charge in [-0.2, -0.15) is 0 Å². The molecule has 0 radical (unpaired) electrons. The second kappa shape index (κ2) is 3.18. The summed E-state index contributed by atoms with van der Waals surface area (Å²) < 4.78 is 0. The Bertz CT molecular complexity index is 118. The Balaban J connectivity index is 3.80. The van der Waals surface area contributed by atoms with E-state index in [0.29, 0.717) is 6.54 Å². The van der Waals surface area contributed by atoms with Crippen LogP contribution in [-0.2, 0) is 4.79 Å². The third kappa shape index (κ3) is 2.34. The van der Waals surface area contributed by atoms with Crippen molar-refractivity contribution in [2.75, 3.05) is 6.54 Å². The van der Waals surface area contributed by atoms with E-state index in [0.717, 1.165) is 0 Å². The number of carbonyl (C=O) groups is 1. The van der Waals surface area contributed by atoms with Crippen molar-refractivity contribution in [3.05, 3.63) is 0 Å². The van der Waals surface area contributed by atoms with Gasteiger partial charge in [-0.05, 0) is 13.8 Å². The molecule has 0 aliphatic carbocycles. The lowest BCUT2D eigenvalue weighted by molar-refractivity contribution is -0.129. The van der Waals surface area contributed by atoms with Crippen molar-refractivity contribution in [3.63, 3.8) is 0 Å². The van der Waals surface area contributed by atoms with Gasteiger partial charge in [0.05, 0.1) is 0 Å². The molecule has 0 aliphatic rings. The van der Waals surface area contributed by atoms with Crippen LogP contribution >= 0.6 is 0 Å². The maximum Gasteiger partial charge on any atom is 0.349 e. The first kappa shape index (κ1) is 7.14. The van der Waals surface area contributed by atoms with E-state index in [-0.39, 0.29) is 5.71 Å². The number of hydrogen-bond acceptors (Lipinski definition) is 2. The van der Waals surface area contributed by atoms with Gasteiger partial charge in [0.1, 0.15) is 5.71 Å². The van der Waals surface area contributed by atoms with Gasteiger partial charge in [0.15, 0.2) is 0 Å². The lowest BCUT2D eigenvalue weighted by Gasteiger charge is -1.86. The maximum atomic E-state index is 9.96. The van der Waals surface area contributed by atoms with Gasteiger partial charge in [0, 0.05) is 6.54 Å². The molecule has 0 atom stereocenters. The van der Waals surface area contributed by atoms with Crippen LogP contribution in [0.2, 0.25) is 0 Å². The topological polar surface area (TPSA) is 49.7 Å². The summed E-state index contributed by atoms with van der Waals surface area (Å²) in [6, 6.07) is 0. The van der Waals surface area contributed by atoms with E-state index in [1.54, 1.807) is 6.92 Å². The van der Waals surface area contributed by atoms with Crippen molar-refractivity contribution < 1.29 is 9.90 Å². The van der Waals surface area contributed by atoms with Gasteiger partial charge in [0.25, 0.3) is 0 Å². The zero-order valence-electron chi connectivity index (χ0n) is 5.01. The molecule has 0 aromatic carbocycles. The number of carboxylic acid groups (broad SMARTS) is 1. The summed E-state index contributed by atoms with van der Waals surface area (Å²) in [6.45, 7) is 3.82. The van der Waals surface area contributed by atoms with E-state index in [1.807, 2.05) is 0 Å². The lowest BCUT2D eigenvalue weighted by atomic mass is 10.4. The summed E-state index contributed by atoms with van der Waals surface area (Å²) in [4.78, 5) is 13.6. The summed E-state index contributed by atoms with van der Waals surface area (Å²) in [6.07, 6.45) is 0. The minimum Gasteiger partial charge on any atom is -0.477 e. The fraction of sp³-hybridized carbons (Fsp3) is 0.600. The van der Waals surface area contributed by atoms with Crippen molar-refractivity contribution in [2.45, 2.75) is 13.8 Å². The highest BCUT2D eigenvalue weighted by Crippen LogP contribution is 1.75. The summed E-state index contributed by atoms with van der Waals surface area (Å²) >= 11 is 0. The molecule has 0 fully saturated rings. The third-order valence-corrected chi connectivity index (χ3v) is 0.705. The zero-order chi connectivity index (χ0) is 6.57. The van der Waals surface area contributed by atoms with Gasteiger partial charge in [0.2, 0.25) is 0 Å². The summed E-state index contributed by atoms with van der Waals surface area (Å²) in [7, 11) is 0. The lowest BCUT2D eigenvalue weighted by Crippen LogP contribution is -2.07. The van der Waals surface area contributed by atoms with Crippen molar-refractivity contribution >= 4 is 11.7 Å². The van der Waals surface area contributed by atoms with Crippen molar-refractivity contribution in [1.29, 1.82) is 0 Å². The first-order valence-electron chi connectivity index (χ1n) is 2.42. The molecule has 0 saturated carbocycles. The zero-order valence-corrected chi connectivity index (χ0v) is 5.01. The van der Waals surface area contributed by atoms with Crippen molar-refractivity contribution in [1.82, 2.24) is 0 Å². The second-order valence-corrected chi connectivity index (χ2v) is 1.36. The third-order valence-electron chi connectivity index (χ3n) is 0.705. The van der Waals surface area contributed by atoms with Gasteiger partial charge in [-0.25, -0.2) is 4.79 Å². The van der Waals surface area contributed by atoms with E-state index in [4.69, 9.17) is 5.11 Å². The van der Waals surface area contributed by atoms with Crippen molar-refractivity contribution in [2.24, 2.45) is 4.99 Å². The highest BCUT2D eigenvalue weighted by molar-refractivity contribution is 6.34. The van der Waals surface area contributed by atoms with Crippen LogP contribution in [0.15, 0.2) is 4.99 Å². The van der Waals surface area contributed by atoms with Crippen LogP contribution in [0.25, 0.3) is 0 Å². The first-order chi connectivity index (χ1) is 3.68. The standard InChI is InChI=1S/C5H9NO2/c1-3-6-4(2)5(7)8/h3H2,1-2H3,(H,7,8)/b6-4+. The molecular formula is C5H9NO2. The fourth-order valence-corrected chi connectivity index (χ4v) is 0.305. The largest absolute Gasteiger partial charge is 0.477 e. The number of aliphatic carboxylic acids is 1. The Labute approximate surface area is 48.1 Å². The summed E-state index contributed by atoms with van der Waals surface area (Å²) in [5, 5.41) is 8.18. The minimum absolute atomic E-state index is 0.174. The second-order valence-electron chi connectivity index (χ2n) is 1.36. The summed E-state index contributed by atoms with van der Waals surface area (Å²) in [5.41, 5.74) is 0.174. The molecule has 0 heterocycles. The molecule has 0 unspecified atom stereocenters. The van der Waals surface area contributed by atoms with Crippen LogP contribution in [0.5, 0.6) is 0 Å². The molecule has 0 aromatic heterocycles. The highest BCUT2D eigenvalue weighted by Gasteiger charge is 1.97. The predicted molar refractivity (Wildman–Crippen MR) is 31.3 cm³/mol. The summed E-state index contributed by atoms with van der Waals surface area (Å²) in [5.74, 6) is -0.938. The Hall–Kier alpha value is -0.860. The molecule has 46 valence electrons. The van der Waals surface area contributed by atoms with Gasteiger partial charge in [-0.1, -0.05) is 0 Å². The quantitative estimate of drug-likeness (QED) is 0.534. The Morgan fingerprint density at radius 1 is 1.75 bits per heavy atom. The smallest absolute Gasteiger partial charge is 0.349 e. The molecule has 3 heteroatoms. The van der Waals surface area contributed by atoms with Crippen LogP contribution < -0.4 is 0 Å². The maximum absolute atomic E-state index is 9.96. The van der Waals surface area contributed by atoms with Gasteiger partial charge >= 0.3 is 5.97 Å². The van der Waals surface area contributed by atoms with Crippen molar-refractivity contribution in [3.8, 4) is 0 Å². The molecule has 0 saturated heterocycles. The van der Waals surface area contributed by atoms with Crippen LogP contribution in [0.1, 0.15) is 13.8 Å².